The number of benzene rings is 1. The Morgan fingerprint density at radius 2 is 2.32 bits per heavy atom. The van der Waals surface area contributed by atoms with Gasteiger partial charge in [-0.25, -0.2) is 4.79 Å². The Morgan fingerprint density at radius 3 is 3.05 bits per heavy atom. The molecule has 104 valence electrons. The molecule has 2 N–H and O–H groups in total. The zero-order valence-electron chi connectivity index (χ0n) is 11.4. The Morgan fingerprint density at radius 1 is 1.47 bits per heavy atom. The van der Waals surface area contributed by atoms with Crippen LogP contribution in [0.2, 0.25) is 0 Å². The second-order valence-corrected chi connectivity index (χ2v) is 5.27. The third-order valence-corrected chi connectivity index (χ3v) is 3.80. The Hall–Kier alpha value is -1.39. The molecule has 1 heterocycles. The minimum Gasteiger partial charge on any atom is -0.478 e. The molecule has 1 fully saturated rings. The van der Waals surface area contributed by atoms with Crippen LogP contribution < -0.4 is 5.32 Å². The molecule has 0 aromatic heterocycles. The van der Waals surface area contributed by atoms with Gasteiger partial charge in [0, 0.05) is 19.1 Å². The van der Waals surface area contributed by atoms with Gasteiger partial charge < -0.3 is 15.3 Å². The van der Waals surface area contributed by atoms with Gasteiger partial charge in [-0.3, -0.25) is 0 Å². The number of carboxylic acid groups (broad SMARTS) is 1. The van der Waals surface area contributed by atoms with E-state index in [-0.39, 0.29) is 0 Å². The largest absolute Gasteiger partial charge is 0.478 e. The van der Waals surface area contributed by atoms with Crippen molar-refractivity contribution in [3.63, 3.8) is 0 Å². The first-order valence-corrected chi connectivity index (χ1v) is 6.90. The molecule has 0 spiro atoms. The zero-order chi connectivity index (χ0) is 13.7. The van der Waals surface area contributed by atoms with E-state index in [0.29, 0.717) is 11.6 Å². The van der Waals surface area contributed by atoms with Crippen molar-refractivity contribution < 1.29 is 9.90 Å². The van der Waals surface area contributed by atoms with Crippen LogP contribution in [-0.4, -0.2) is 42.2 Å². The molecule has 0 aliphatic carbocycles. The van der Waals surface area contributed by atoms with Crippen LogP contribution >= 0.6 is 0 Å². The number of carboxylic acids is 1. The highest BCUT2D eigenvalue weighted by molar-refractivity contribution is 5.87. The van der Waals surface area contributed by atoms with Crippen molar-refractivity contribution in [1.29, 1.82) is 0 Å². The van der Waals surface area contributed by atoms with Crippen LogP contribution in [0, 0.1) is 0 Å². The molecule has 1 aliphatic heterocycles. The summed E-state index contributed by atoms with van der Waals surface area (Å²) >= 11 is 0. The van der Waals surface area contributed by atoms with Crippen molar-refractivity contribution in [2.24, 2.45) is 0 Å². The van der Waals surface area contributed by atoms with Crippen LogP contribution in [-0.2, 0) is 6.54 Å². The van der Waals surface area contributed by atoms with Gasteiger partial charge in [0.1, 0.15) is 0 Å². The fourth-order valence-corrected chi connectivity index (χ4v) is 2.60. The Kier molecular flexibility index (Phi) is 4.93. The first kappa shape index (κ1) is 14.0. The highest BCUT2D eigenvalue weighted by Gasteiger charge is 2.17. The molecular weight excluding hydrogens is 240 g/mol. The summed E-state index contributed by atoms with van der Waals surface area (Å²) in [6, 6.07) is 7.73. The van der Waals surface area contributed by atoms with Gasteiger partial charge in [-0.05, 0) is 44.1 Å². The van der Waals surface area contributed by atoms with Crippen LogP contribution in [0.5, 0.6) is 0 Å². The molecule has 0 amide bonds. The van der Waals surface area contributed by atoms with E-state index in [4.69, 9.17) is 5.11 Å². The molecule has 4 heteroatoms. The topological polar surface area (TPSA) is 52.6 Å². The molecule has 1 atom stereocenters. The summed E-state index contributed by atoms with van der Waals surface area (Å²) in [6.07, 6.45) is 3.86. The maximum absolute atomic E-state index is 10.9. The van der Waals surface area contributed by atoms with E-state index < -0.39 is 5.97 Å². The quantitative estimate of drug-likeness (QED) is 0.851. The number of likely N-dealkylation sites (tertiary alicyclic amines) is 1. The summed E-state index contributed by atoms with van der Waals surface area (Å²) in [5.41, 5.74) is 1.38. The smallest absolute Gasteiger partial charge is 0.335 e. The molecular formula is C15H22N2O2. The van der Waals surface area contributed by atoms with Crippen molar-refractivity contribution in [3.05, 3.63) is 35.4 Å². The normalized spacial score (nSPS) is 20.4. The molecule has 1 aliphatic rings. The number of carbonyl (C=O) groups is 1. The van der Waals surface area contributed by atoms with E-state index in [1.54, 1.807) is 18.2 Å². The summed E-state index contributed by atoms with van der Waals surface area (Å²) in [6.45, 7) is 2.88. The molecule has 0 bridgehead atoms. The SMILES string of the molecule is CN1CCCCC1CNCc1cccc(C(=O)O)c1. The van der Waals surface area contributed by atoms with E-state index in [1.165, 1.54) is 25.8 Å². The van der Waals surface area contributed by atoms with Gasteiger partial charge in [0.2, 0.25) is 0 Å². The van der Waals surface area contributed by atoms with Gasteiger partial charge in [-0.2, -0.15) is 0 Å². The summed E-state index contributed by atoms with van der Waals surface area (Å²) in [5, 5.41) is 12.4. The minimum atomic E-state index is -0.867. The van der Waals surface area contributed by atoms with Crippen molar-refractivity contribution in [2.75, 3.05) is 20.1 Å². The van der Waals surface area contributed by atoms with Gasteiger partial charge in [0.05, 0.1) is 5.56 Å². The van der Waals surface area contributed by atoms with Gasteiger partial charge in [0.15, 0.2) is 0 Å². The van der Waals surface area contributed by atoms with Crippen LogP contribution in [0.3, 0.4) is 0 Å². The fraction of sp³-hybridized carbons (Fsp3) is 0.533. The summed E-state index contributed by atoms with van der Waals surface area (Å²) < 4.78 is 0. The number of hydrogen-bond donors (Lipinski definition) is 2. The third-order valence-electron chi connectivity index (χ3n) is 3.80. The van der Waals surface area contributed by atoms with Crippen LogP contribution in [0.15, 0.2) is 24.3 Å². The number of nitrogens with one attached hydrogen (secondary N) is 1. The van der Waals surface area contributed by atoms with E-state index in [1.807, 2.05) is 6.07 Å². The number of nitrogens with zero attached hydrogens (tertiary/aromatic N) is 1. The Balaban J connectivity index is 1.82. The Labute approximate surface area is 114 Å². The lowest BCUT2D eigenvalue weighted by Crippen LogP contribution is -2.42. The number of aromatic carboxylic acids is 1. The number of hydrogen-bond acceptors (Lipinski definition) is 3. The Bertz CT molecular complexity index is 434. The summed E-state index contributed by atoms with van der Waals surface area (Å²) in [7, 11) is 2.18. The van der Waals surface area contributed by atoms with Gasteiger partial charge in [-0.15, -0.1) is 0 Å². The van der Waals surface area contributed by atoms with E-state index in [0.717, 1.165) is 18.7 Å². The molecule has 0 radical (unpaired) electrons. The minimum absolute atomic E-state index is 0.356. The van der Waals surface area contributed by atoms with Crippen molar-refractivity contribution in [1.82, 2.24) is 10.2 Å². The van der Waals surface area contributed by atoms with E-state index >= 15 is 0 Å². The van der Waals surface area contributed by atoms with Crippen molar-refractivity contribution >= 4 is 5.97 Å². The zero-order valence-corrected chi connectivity index (χ0v) is 11.4. The molecule has 19 heavy (non-hydrogen) atoms. The molecule has 1 aromatic rings. The first-order chi connectivity index (χ1) is 9.16. The highest BCUT2D eigenvalue weighted by atomic mass is 16.4. The lowest BCUT2D eigenvalue weighted by atomic mass is 10.0. The van der Waals surface area contributed by atoms with Crippen LogP contribution in [0.4, 0.5) is 0 Å². The lowest BCUT2D eigenvalue weighted by Gasteiger charge is -2.32. The first-order valence-electron chi connectivity index (χ1n) is 6.90. The standard InChI is InChI=1S/C15H22N2O2/c1-17-8-3-2-7-14(17)11-16-10-12-5-4-6-13(9-12)15(18)19/h4-6,9,14,16H,2-3,7-8,10-11H2,1H3,(H,18,19). The lowest BCUT2D eigenvalue weighted by molar-refractivity contribution is 0.0696. The summed E-state index contributed by atoms with van der Waals surface area (Å²) in [5.74, 6) is -0.867. The molecule has 1 unspecified atom stereocenters. The molecule has 1 aromatic carbocycles. The summed E-state index contributed by atoms with van der Waals surface area (Å²) in [4.78, 5) is 13.3. The predicted octanol–water partition coefficient (Wildman–Crippen LogP) is 1.96. The van der Waals surface area contributed by atoms with Crippen molar-refractivity contribution in [3.8, 4) is 0 Å². The fourth-order valence-electron chi connectivity index (χ4n) is 2.60. The average Bonchev–Trinajstić information content (AvgIpc) is 2.41. The predicted molar refractivity (Wildman–Crippen MR) is 75.4 cm³/mol. The van der Waals surface area contributed by atoms with Crippen LogP contribution in [0.1, 0.15) is 35.2 Å². The maximum Gasteiger partial charge on any atom is 0.335 e. The van der Waals surface area contributed by atoms with E-state index in [2.05, 4.69) is 17.3 Å². The second kappa shape index (κ2) is 6.68. The van der Waals surface area contributed by atoms with Gasteiger partial charge in [-0.1, -0.05) is 18.6 Å². The molecule has 4 nitrogen and oxygen atoms in total. The molecule has 2 rings (SSSR count). The number of rotatable bonds is 5. The van der Waals surface area contributed by atoms with Gasteiger partial charge in [0.25, 0.3) is 0 Å². The number of likely N-dealkylation sites (N-methyl/N-ethyl adjacent to an activating group) is 1. The average molecular weight is 262 g/mol. The van der Waals surface area contributed by atoms with Crippen LogP contribution in [0.25, 0.3) is 0 Å². The number of piperidine rings is 1. The van der Waals surface area contributed by atoms with Gasteiger partial charge >= 0.3 is 5.97 Å². The maximum atomic E-state index is 10.9. The molecule has 0 saturated carbocycles. The van der Waals surface area contributed by atoms with Crippen molar-refractivity contribution in [2.45, 2.75) is 31.8 Å². The second-order valence-electron chi connectivity index (χ2n) is 5.27. The molecule has 1 saturated heterocycles. The highest BCUT2D eigenvalue weighted by Crippen LogP contribution is 2.14. The third kappa shape index (κ3) is 4.04. The van der Waals surface area contributed by atoms with E-state index in [9.17, 15) is 4.79 Å². The monoisotopic (exact) mass is 262 g/mol.